The summed E-state index contributed by atoms with van der Waals surface area (Å²) in [6, 6.07) is 14.1. The van der Waals surface area contributed by atoms with Gasteiger partial charge in [0.2, 0.25) is 0 Å². The van der Waals surface area contributed by atoms with Crippen molar-refractivity contribution in [2.75, 3.05) is 6.61 Å². The van der Waals surface area contributed by atoms with Crippen molar-refractivity contribution in [3.8, 4) is 5.75 Å². The number of carboxylic acid groups (broad SMARTS) is 1. The van der Waals surface area contributed by atoms with Crippen LogP contribution in [-0.4, -0.2) is 28.1 Å². The summed E-state index contributed by atoms with van der Waals surface area (Å²) in [5.74, 6) is -0.523. The maximum absolute atomic E-state index is 12.8. The highest BCUT2D eigenvalue weighted by molar-refractivity contribution is 8.09. The van der Waals surface area contributed by atoms with Gasteiger partial charge in [0.1, 0.15) is 18.6 Å². The van der Waals surface area contributed by atoms with Crippen LogP contribution in [0.4, 0.5) is 13.2 Å². The van der Waals surface area contributed by atoms with Gasteiger partial charge in [-0.05, 0) is 41.3 Å². The molecule has 0 amide bonds. The Morgan fingerprint density at radius 3 is 2.44 bits per heavy atom. The van der Waals surface area contributed by atoms with Gasteiger partial charge in [-0.2, -0.15) is 13.2 Å². The molecule has 4 rings (SSSR count). The lowest BCUT2D eigenvalue weighted by molar-refractivity contribution is -0.138. The zero-order valence-corrected chi connectivity index (χ0v) is 19.0. The van der Waals surface area contributed by atoms with Crippen LogP contribution in [0.3, 0.4) is 0 Å². The summed E-state index contributed by atoms with van der Waals surface area (Å²) < 4.78 is 49.3. The fourth-order valence-electron chi connectivity index (χ4n) is 3.77. The normalized spacial score (nSPS) is 19.0. The van der Waals surface area contributed by atoms with Gasteiger partial charge in [-0.1, -0.05) is 42.4 Å². The summed E-state index contributed by atoms with van der Waals surface area (Å²) in [7, 11) is 0. The second-order valence-electron chi connectivity index (χ2n) is 8.08. The number of ether oxygens (including phenoxy) is 1. The van der Waals surface area contributed by atoms with Gasteiger partial charge in [0, 0.05) is 22.1 Å². The molecule has 0 saturated heterocycles. The number of carbonyl (C=O) groups is 1. The van der Waals surface area contributed by atoms with E-state index in [1.165, 1.54) is 18.4 Å². The van der Waals surface area contributed by atoms with Gasteiger partial charge in [0.05, 0.1) is 17.7 Å². The molecule has 1 aromatic heterocycles. The van der Waals surface area contributed by atoms with Crippen molar-refractivity contribution in [3.05, 3.63) is 89.3 Å². The Morgan fingerprint density at radius 2 is 1.85 bits per heavy atom. The molecule has 2 unspecified atom stereocenters. The molecule has 178 valence electrons. The van der Waals surface area contributed by atoms with E-state index in [-0.39, 0.29) is 17.6 Å². The quantitative estimate of drug-likeness (QED) is 0.391. The third-order valence-electron chi connectivity index (χ3n) is 5.67. The maximum atomic E-state index is 12.8. The number of rotatable bonds is 8. The van der Waals surface area contributed by atoms with Crippen LogP contribution in [0, 0.1) is 5.92 Å². The summed E-state index contributed by atoms with van der Waals surface area (Å²) in [5.41, 5.74) is 1.44. The van der Waals surface area contributed by atoms with Crippen molar-refractivity contribution in [2.45, 2.75) is 30.7 Å². The second kappa shape index (κ2) is 9.97. The Kier molecular flexibility index (Phi) is 7.02. The minimum absolute atomic E-state index is 0.110. The van der Waals surface area contributed by atoms with Crippen LogP contribution in [0.15, 0.2) is 71.5 Å². The lowest BCUT2D eigenvalue weighted by Crippen LogP contribution is -2.18. The Balaban J connectivity index is 1.36. The third-order valence-corrected chi connectivity index (χ3v) is 7.16. The van der Waals surface area contributed by atoms with Crippen LogP contribution in [0.1, 0.15) is 41.6 Å². The first-order valence-corrected chi connectivity index (χ1v) is 11.5. The second-order valence-corrected chi connectivity index (χ2v) is 9.36. The van der Waals surface area contributed by atoms with Gasteiger partial charge in [0.25, 0.3) is 0 Å². The first kappa shape index (κ1) is 23.9. The molecule has 9 heteroatoms. The molecule has 0 saturated carbocycles. The van der Waals surface area contributed by atoms with Crippen molar-refractivity contribution in [1.29, 1.82) is 0 Å². The Morgan fingerprint density at radius 1 is 1.15 bits per heavy atom. The van der Waals surface area contributed by atoms with Crippen LogP contribution < -0.4 is 4.74 Å². The summed E-state index contributed by atoms with van der Waals surface area (Å²) >= 11 is 1.59. The van der Waals surface area contributed by atoms with Crippen LogP contribution in [0.2, 0.25) is 0 Å². The highest BCUT2D eigenvalue weighted by Gasteiger charge is 2.31. The molecule has 34 heavy (non-hydrogen) atoms. The van der Waals surface area contributed by atoms with E-state index >= 15 is 0 Å². The van der Waals surface area contributed by atoms with E-state index in [0.29, 0.717) is 18.1 Å². The number of thioether (sulfide) groups is 1. The van der Waals surface area contributed by atoms with Crippen molar-refractivity contribution in [3.63, 3.8) is 0 Å². The van der Waals surface area contributed by atoms with Crippen molar-refractivity contribution in [2.24, 2.45) is 5.92 Å². The van der Waals surface area contributed by atoms with E-state index < -0.39 is 23.6 Å². The van der Waals surface area contributed by atoms with Crippen molar-refractivity contribution in [1.82, 2.24) is 5.16 Å². The number of alkyl halides is 3. The smallest absolute Gasteiger partial charge is 0.416 e. The van der Waals surface area contributed by atoms with Gasteiger partial charge in [0.15, 0.2) is 0 Å². The number of allylic oxidation sites excluding steroid dienone is 1. The van der Waals surface area contributed by atoms with Gasteiger partial charge in [-0.15, -0.1) is 11.8 Å². The maximum Gasteiger partial charge on any atom is 0.416 e. The molecule has 3 aromatic rings. The molecular weight excluding hydrogens is 467 g/mol. The van der Waals surface area contributed by atoms with Gasteiger partial charge >= 0.3 is 12.1 Å². The van der Waals surface area contributed by atoms with Crippen LogP contribution >= 0.6 is 11.8 Å². The van der Waals surface area contributed by atoms with E-state index in [1.807, 2.05) is 12.1 Å². The van der Waals surface area contributed by atoms with E-state index in [1.54, 1.807) is 30.0 Å². The third kappa shape index (κ3) is 5.64. The number of nitrogens with zero attached hydrogens (tertiary/aromatic N) is 1. The first-order chi connectivity index (χ1) is 16.2. The van der Waals surface area contributed by atoms with Crippen molar-refractivity contribution >= 4 is 22.6 Å². The van der Waals surface area contributed by atoms with Crippen LogP contribution in [-0.2, 0) is 11.0 Å². The minimum atomic E-state index is -4.35. The lowest BCUT2D eigenvalue weighted by Gasteiger charge is -2.17. The zero-order valence-electron chi connectivity index (χ0n) is 18.2. The highest BCUT2D eigenvalue weighted by atomic mass is 32.2. The van der Waals surface area contributed by atoms with Crippen molar-refractivity contribution < 1.29 is 32.3 Å². The summed E-state index contributed by atoms with van der Waals surface area (Å²) in [6.07, 6.45) is -0.993. The monoisotopic (exact) mass is 489 g/mol. The van der Waals surface area contributed by atoms with Gasteiger partial charge in [-0.25, -0.2) is 0 Å². The van der Waals surface area contributed by atoms with E-state index in [2.05, 4.69) is 18.2 Å². The number of hydrogen-bond donors (Lipinski definition) is 1. The molecule has 0 bridgehead atoms. The minimum Gasteiger partial charge on any atom is -0.492 e. The number of halogens is 3. The standard InChI is InChI=1S/C25H22F3NO4S/c1-15-12-22(17-2-6-18(7-3-17)25(26,27)28)34-23(15)14-32-19-8-4-16(5-9-19)20(13-24(30)31)21-10-11-33-29-21/h2-12,15,20,23H,13-14H2,1H3,(H,30,31)/t15?,20-,23?/m0/s1. The molecular formula is C25H22F3NO4S. The predicted molar refractivity (Wildman–Crippen MR) is 122 cm³/mol. The Hall–Kier alpha value is -3.20. The number of carboxylic acids is 1. The SMILES string of the molecule is CC1C=C(c2ccc(C(F)(F)F)cc2)SC1COc1ccc([C@H](CC(=O)O)c2ccon2)cc1. The topological polar surface area (TPSA) is 72.6 Å². The molecule has 1 aliphatic heterocycles. The predicted octanol–water partition coefficient (Wildman–Crippen LogP) is 6.47. The Bertz CT molecular complexity index is 1140. The molecule has 0 aliphatic carbocycles. The fourth-order valence-corrected chi connectivity index (χ4v) is 5.09. The first-order valence-electron chi connectivity index (χ1n) is 10.6. The van der Waals surface area contributed by atoms with E-state index in [9.17, 15) is 23.1 Å². The fraction of sp³-hybridized carbons (Fsp3) is 0.280. The molecule has 3 atom stereocenters. The Labute approximate surface area is 198 Å². The molecule has 0 spiro atoms. The van der Waals surface area contributed by atoms with E-state index in [4.69, 9.17) is 9.26 Å². The summed E-state index contributed by atoms with van der Waals surface area (Å²) in [6.45, 7) is 2.48. The molecule has 1 N–H and O–H groups in total. The molecule has 0 radical (unpaired) electrons. The van der Waals surface area contributed by atoms with Crippen LogP contribution in [0.5, 0.6) is 5.75 Å². The van der Waals surface area contributed by atoms with Gasteiger partial charge < -0.3 is 14.4 Å². The largest absolute Gasteiger partial charge is 0.492 e. The number of benzene rings is 2. The van der Waals surface area contributed by atoms with E-state index in [0.717, 1.165) is 28.2 Å². The van der Waals surface area contributed by atoms with Gasteiger partial charge in [-0.3, -0.25) is 4.79 Å². The average Bonchev–Trinajstić information content (AvgIpc) is 3.46. The highest BCUT2D eigenvalue weighted by Crippen LogP contribution is 2.43. The molecule has 1 aliphatic rings. The molecule has 2 heterocycles. The van der Waals surface area contributed by atoms with Crippen LogP contribution in [0.25, 0.3) is 4.91 Å². The molecule has 2 aromatic carbocycles. The average molecular weight is 490 g/mol. The summed E-state index contributed by atoms with van der Waals surface area (Å²) in [5, 5.41) is 13.2. The zero-order chi connectivity index (χ0) is 24.3. The molecule has 5 nitrogen and oxygen atoms in total. The summed E-state index contributed by atoms with van der Waals surface area (Å²) in [4.78, 5) is 12.2. The number of hydrogen-bond acceptors (Lipinski definition) is 5. The number of aromatic nitrogens is 1. The molecule has 0 fully saturated rings. The number of aliphatic carboxylic acids is 1. The lowest BCUT2D eigenvalue weighted by atomic mass is 9.92.